The summed E-state index contributed by atoms with van der Waals surface area (Å²) in [4.78, 5) is 13.3. The van der Waals surface area contributed by atoms with Gasteiger partial charge in [-0.15, -0.1) is 0 Å². The first-order valence-electron chi connectivity index (χ1n) is 7.28. The second-order valence-corrected chi connectivity index (χ2v) is 5.91. The molecule has 0 radical (unpaired) electrons. The van der Waals surface area contributed by atoms with Crippen LogP contribution < -0.4 is 10.2 Å². The molecule has 0 aliphatic carbocycles. The van der Waals surface area contributed by atoms with Crippen molar-refractivity contribution in [2.45, 2.75) is 39.7 Å². The SMILES string of the molecule is CC[NH+](CC)CC(=O)NC(C)(C)Cc1ccc(O)cc1. The van der Waals surface area contributed by atoms with Gasteiger partial charge < -0.3 is 15.3 Å². The van der Waals surface area contributed by atoms with Crippen LogP contribution in [-0.2, 0) is 11.2 Å². The zero-order chi connectivity index (χ0) is 15.2. The van der Waals surface area contributed by atoms with Crippen molar-refractivity contribution in [3.8, 4) is 5.75 Å². The Morgan fingerprint density at radius 3 is 2.25 bits per heavy atom. The van der Waals surface area contributed by atoms with E-state index in [1.54, 1.807) is 12.1 Å². The summed E-state index contributed by atoms with van der Waals surface area (Å²) >= 11 is 0. The molecule has 1 aromatic rings. The molecule has 0 saturated heterocycles. The number of amides is 1. The van der Waals surface area contributed by atoms with Crippen LogP contribution in [0.25, 0.3) is 0 Å². The molecule has 20 heavy (non-hydrogen) atoms. The van der Waals surface area contributed by atoms with Crippen LogP contribution in [0, 0.1) is 0 Å². The van der Waals surface area contributed by atoms with Gasteiger partial charge in [0.15, 0.2) is 6.54 Å². The lowest BCUT2D eigenvalue weighted by Gasteiger charge is -2.27. The van der Waals surface area contributed by atoms with Crippen molar-refractivity contribution < 1.29 is 14.8 Å². The summed E-state index contributed by atoms with van der Waals surface area (Å²) in [5.41, 5.74) is 0.809. The quantitative estimate of drug-likeness (QED) is 0.690. The maximum absolute atomic E-state index is 12.1. The first-order valence-corrected chi connectivity index (χ1v) is 7.28. The third-order valence-corrected chi connectivity index (χ3v) is 3.47. The number of hydrogen-bond acceptors (Lipinski definition) is 2. The summed E-state index contributed by atoms with van der Waals surface area (Å²) in [5, 5.41) is 12.4. The number of aromatic hydroxyl groups is 1. The molecule has 0 fully saturated rings. The number of carbonyl (C=O) groups excluding carboxylic acids is 1. The van der Waals surface area contributed by atoms with Gasteiger partial charge in [-0.25, -0.2) is 0 Å². The summed E-state index contributed by atoms with van der Waals surface area (Å²) in [6.07, 6.45) is 0.743. The molecule has 0 saturated carbocycles. The third kappa shape index (κ3) is 5.61. The van der Waals surface area contributed by atoms with E-state index in [2.05, 4.69) is 19.2 Å². The molecule has 0 aromatic heterocycles. The molecule has 3 N–H and O–H groups in total. The Morgan fingerprint density at radius 1 is 1.20 bits per heavy atom. The summed E-state index contributed by atoms with van der Waals surface area (Å²) in [7, 11) is 0. The van der Waals surface area contributed by atoms with Crippen LogP contribution in [0.4, 0.5) is 0 Å². The molecule has 0 heterocycles. The van der Waals surface area contributed by atoms with Gasteiger partial charge in [-0.3, -0.25) is 4.79 Å². The monoisotopic (exact) mass is 279 g/mol. The number of phenolic OH excluding ortho intramolecular Hbond substituents is 1. The zero-order valence-corrected chi connectivity index (χ0v) is 13.0. The summed E-state index contributed by atoms with van der Waals surface area (Å²) < 4.78 is 0. The summed E-state index contributed by atoms with van der Waals surface area (Å²) in [6.45, 7) is 10.7. The number of phenols is 1. The van der Waals surface area contributed by atoms with Gasteiger partial charge in [-0.1, -0.05) is 12.1 Å². The second-order valence-electron chi connectivity index (χ2n) is 5.91. The molecule has 0 bridgehead atoms. The smallest absolute Gasteiger partial charge is 0.275 e. The summed E-state index contributed by atoms with van der Waals surface area (Å²) in [6, 6.07) is 7.12. The van der Waals surface area contributed by atoms with Crippen LogP contribution in [0.1, 0.15) is 33.3 Å². The van der Waals surface area contributed by atoms with E-state index in [1.807, 2.05) is 26.0 Å². The topological polar surface area (TPSA) is 53.8 Å². The second kappa shape index (κ2) is 7.29. The molecule has 112 valence electrons. The van der Waals surface area contributed by atoms with Crippen LogP contribution in [0.2, 0.25) is 0 Å². The molecule has 4 nitrogen and oxygen atoms in total. The molecule has 1 rings (SSSR count). The maximum atomic E-state index is 12.1. The van der Waals surface area contributed by atoms with E-state index in [9.17, 15) is 9.90 Å². The van der Waals surface area contributed by atoms with E-state index in [1.165, 1.54) is 4.90 Å². The van der Waals surface area contributed by atoms with Crippen LogP contribution in [0.3, 0.4) is 0 Å². The number of hydrogen-bond donors (Lipinski definition) is 3. The lowest BCUT2D eigenvalue weighted by atomic mass is 9.95. The van der Waals surface area contributed by atoms with Crippen molar-refractivity contribution in [3.63, 3.8) is 0 Å². The Morgan fingerprint density at radius 2 is 1.75 bits per heavy atom. The van der Waals surface area contributed by atoms with Crippen molar-refractivity contribution >= 4 is 5.91 Å². The van der Waals surface area contributed by atoms with E-state index in [-0.39, 0.29) is 17.2 Å². The molecule has 1 amide bonds. The Bertz CT molecular complexity index is 423. The Kier molecular flexibility index (Phi) is 6.02. The van der Waals surface area contributed by atoms with Gasteiger partial charge in [0.05, 0.1) is 13.1 Å². The molecule has 0 aliphatic rings. The first-order chi connectivity index (χ1) is 9.36. The minimum absolute atomic E-state index is 0.0903. The fourth-order valence-electron chi connectivity index (χ4n) is 2.32. The van der Waals surface area contributed by atoms with Gasteiger partial charge in [0, 0.05) is 5.54 Å². The number of rotatable bonds is 7. The van der Waals surface area contributed by atoms with Gasteiger partial charge in [-0.05, 0) is 51.8 Å². The Hall–Kier alpha value is -1.55. The van der Waals surface area contributed by atoms with Gasteiger partial charge in [0.1, 0.15) is 5.75 Å². The minimum Gasteiger partial charge on any atom is -0.508 e. The van der Waals surface area contributed by atoms with Crippen molar-refractivity contribution in [2.75, 3.05) is 19.6 Å². The Balaban J connectivity index is 2.56. The normalized spacial score (nSPS) is 11.7. The van der Waals surface area contributed by atoms with Gasteiger partial charge in [0.25, 0.3) is 5.91 Å². The van der Waals surface area contributed by atoms with Crippen molar-refractivity contribution in [3.05, 3.63) is 29.8 Å². The van der Waals surface area contributed by atoms with Gasteiger partial charge >= 0.3 is 0 Å². The minimum atomic E-state index is -0.291. The Labute approximate surface area is 121 Å². The van der Waals surface area contributed by atoms with E-state index in [0.717, 1.165) is 25.1 Å². The molecule has 4 heteroatoms. The lowest BCUT2D eigenvalue weighted by Crippen LogP contribution is -3.12. The van der Waals surface area contributed by atoms with Crippen LogP contribution in [0.15, 0.2) is 24.3 Å². The standard InChI is InChI=1S/C16H26N2O2/c1-5-18(6-2)12-15(20)17-16(3,4)11-13-7-9-14(19)10-8-13/h7-10,19H,5-6,11-12H2,1-4H3,(H,17,20)/p+1. The highest BCUT2D eigenvalue weighted by molar-refractivity contribution is 5.77. The predicted octanol–water partition coefficient (Wildman–Crippen LogP) is 0.754. The van der Waals surface area contributed by atoms with Crippen molar-refractivity contribution in [1.29, 1.82) is 0 Å². The van der Waals surface area contributed by atoms with Crippen LogP contribution in [-0.4, -0.2) is 36.2 Å². The fraction of sp³-hybridized carbons (Fsp3) is 0.562. The number of benzene rings is 1. The van der Waals surface area contributed by atoms with Gasteiger partial charge in [-0.2, -0.15) is 0 Å². The van der Waals surface area contributed by atoms with Crippen molar-refractivity contribution in [1.82, 2.24) is 5.32 Å². The number of likely N-dealkylation sites (N-methyl/N-ethyl adjacent to an activating group) is 1. The number of quaternary nitrogens is 1. The average molecular weight is 279 g/mol. The molecule has 1 aromatic carbocycles. The predicted molar refractivity (Wildman–Crippen MR) is 80.9 cm³/mol. The molecular weight excluding hydrogens is 252 g/mol. The average Bonchev–Trinajstić information content (AvgIpc) is 2.37. The highest BCUT2D eigenvalue weighted by atomic mass is 16.3. The van der Waals surface area contributed by atoms with Crippen molar-refractivity contribution in [2.24, 2.45) is 0 Å². The molecule has 0 atom stereocenters. The van der Waals surface area contributed by atoms with Gasteiger partial charge in [0.2, 0.25) is 0 Å². The molecule has 0 aliphatic heterocycles. The van der Waals surface area contributed by atoms with Crippen LogP contribution >= 0.6 is 0 Å². The highest BCUT2D eigenvalue weighted by Crippen LogP contribution is 2.15. The van der Waals surface area contributed by atoms with E-state index < -0.39 is 0 Å². The zero-order valence-electron chi connectivity index (χ0n) is 13.0. The van der Waals surface area contributed by atoms with E-state index in [0.29, 0.717) is 6.54 Å². The first kappa shape index (κ1) is 16.5. The van der Waals surface area contributed by atoms with E-state index in [4.69, 9.17) is 0 Å². The number of carbonyl (C=O) groups is 1. The summed E-state index contributed by atoms with van der Waals surface area (Å²) in [5.74, 6) is 0.355. The molecule has 0 unspecified atom stereocenters. The maximum Gasteiger partial charge on any atom is 0.275 e. The van der Waals surface area contributed by atoms with E-state index >= 15 is 0 Å². The highest BCUT2D eigenvalue weighted by Gasteiger charge is 2.22. The molecule has 0 spiro atoms. The lowest BCUT2D eigenvalue weighted by molar-refractivity contribution is -0.888. The third-order valence-electron chi connectivity index (χ3n) is 3.47. The molecular formula is C16H27N2O2+. The number of nitrogens with one attached hydrogen (secondary N) is 2. The fourth-order valence-corrected chi connectivity index (χ4v) is 2.32. The van der Waals surface area contributed by atoms with Crippen LogP contribution in [0.5, 0.6) is 5.75 Å². The largest absolute Gasteiger partial charge is 0.508 e.